The van der Waals surface area contributed by atoms with E-state index < -0.39 is 0 Å². The van der Waals surface area contributed by atoms with E-state index in [4.69, 9.17) is 14.2 Å². The second kappa shape index (κ2) is 6.84. The lowest BCUT2D eigenvalue weighted by Gasteiger charge is -2.36. The number of halogens is 1. The Hall–Kier alpha value is 0.360. The molecule has 0 aromatic rings. The van der Waals surface area contributed by atoms with Gasteiger partial charge in [-0.05, 0) is 19.8 Å². The second-order valence-corrected chi connectivity index (χ2v) is 4.88. The molecule has 1 atom stereocenters. The minimum atomic E-state index is 0.175. The van der Waals surface area contributed by atoms with Crippen LogP contribution >= 0.6 is 15.9 Å². The molecule has 1 rings (SSSR count). The van der Waals surface area contributed by atoms with Gasteiger partial charge in [0, 0.05) is 31.1 Å². The molecular formula is C11H21BrO3. The van der Waals surface area contributed by atoms with Gasteiger partial charge in [-0.3, -0.25) is 0 Å². The molecule has 0 spiro atoms. The maximum atomic E-state index is 5.81. The second-order valence-electron chi connectivity index (χ2n) is 4.32. The first-order valence-electron chi connectivity index (χ1n) is 5.47. The number of ether oxygens (including phenoxy) is 3. The topological polar surface area (TPSA) is 27.7 Å². The Labute approximate surface area is 101 Å². The first-order valence-corrected chi connectivity index (χ1v) is 6.59. The van der Waals surface area contributed by atoms with Gasteiger partial charge in [0.1, 0.15) is 0 Å². The molecule has 0 aromatic carbocycles. The van der Waals surface area contributed by atoms with E-state index in [0.29, 0.717) is 6.61 Å². The fourth-order valence-corrected chi connectivity index (χ4v) is 2.45. The quantitative estimate of drug-likeness (QED) is 0.699. The number of hydrogen-bond acceptors (Lipinski definition) is 3. The van der Waals surface area contributed by atoms with Crippen LogP contribution in [0.2, 0.25) is 0 Å². The largest absolute Gasteiger partial charge is 0.382 e. The van der Waals surface area contributed by atoms with Crippen molar-refractivity contribution in [2.24, 2.45) is 5.41 Å². The van der Waals surface area contributed by atoms with E-state index >= 15 is 0 Å². The first-order chi connectivity index (χ1) is 7.22. The Kier molecular flexibility index (Phi) is 6.12. The van der Waals surface area contributed by atoms with Gasteiger partial charge in [-0.25, -0.2) is 0 Å². The Balaban J connectivity index is 2.32. The van der Waals surface area contributed by atoms with E-state index in [9.17, 15) is 0 Å². The first kappa shape index (κ1) is 13.4. The van der Waals surface area contributed by atoms with Crippen LogP contribution in [0.5, 0.6) is 0 Å². The van der Waals surface area contributed by atoms with E-state index in [1.807, 2.05) is 6.92 Å². The van der Waals surface area contributed by atoms with Crippen LogP contribution in [0.3, 0.4) is 0 Å². The van der Waals surface area contributed by atoms with Crippen LogP contribution in [0.4, 0.5) is 0 Å². The highest BCUT2D eigenvalue weighted by atomic mass is 79.9. The molecule has 4 heteroatoms. The molecule has 0 bridgehead atoms. The number of rotatable bonds is 6. The van der Waals surface area contributed by atoms with E-state index in [1.165, 1.54) is 0 Å². The standard InChI is InChI=1S/C11H21BrO3/c1-10(7-13-2)15-9-11(8-12)3-5-14-6-4-11/h10H,3-9H2,1-2H3. The highest BCUT2D eigenvalue weighted by Gasteiger charge is 2.32. The molecule has 3 nitrogen and oxygen atoms in total. The molecule has 0 aromatic heterocycles. The molecule has 90 valence electrons. The lowest BCUT2D eigenvalue weighted by molar-refractivity contribution is -0.0635. The van der Waals surface area contributed by atoms with Crippen LogP contribution in [0.1, 0.15) is 19.8 Å². The Morgan fingerprint density at radius 3 is 2.60 bits per heavy atom. The number of methoxy groups -OCH3 is 1. The van der Waals surface area contributed by atoms with Gasteiger partial charge in [0.2, 0.25) is 0 Å². The number of alkyl halides is 1. The van der Waals surface area contributed by atoms with Crippen molar-refractivity contribution in [3.05, 3.63) is 0 Å². The van der Waals surface area contributed by atoms with Crippen molar-refractivity contribution in [2.45, 2.75) is 25.9 Å². The molecule has 0 saturated carbocycles. The maximum Gasteiger partial charge on any atom is 0.0780 e. The van der Waals surface area contributed by atoms with Crippen LogP contribution in [0.25, 0.3) is 0 Å². The van der Waals surface area contributed by atoms with Crippen LogP contribution in [-0.2, 0) is 14.2 Å². The fourth-order valence-electron chi connectivity index (χ4n) is 1.72. The van der Waals surface area contributed by atoms with Gasteiger partial charge in [0.25, 0.3) is 0 Å². The van der Waals surface area contributed by atoms with Gasteiger partial charge in [-0.2, -0.15) is 0 Å². The van der Waals surface area contributed by atoms with Crippen molar-refractivity contribution >= 4 is 15.9 Å². The molecule has 1 heterocycles. The third-order valence-corrected chi connectivity index (χ3v) is 4.10. The van der Waals surface area contributed by atoms with E-state index in [-0.39, 0.29) is 11.5 Å². The van der Waals surface area contributed by atoms with Crippen molar-refractivity contribution in [2.75, 3.05) is 38.9 Å². The van der Waals surface area contributed by atoms with Gasteiger partial charge < -0.3 is 14.2 Å². The van der Waals surface area contributed by atoms with E-state index in [0.717, 1.165) is 38.0 Å². The predicted molar refractivity (Wildman–Crippen MR) is 63.6 cm³/mol. The molecular weight excluding hydrogens is 260 g/mol. The zero-order valence-electron chi connectivity index (χ0n) is 9.63. The highest BCUT2D eigenvalue weighted by Crippen LogP contribution is 2.33. The predicted octanol–water partition coefficient (Wildman–Crippen LogP) is 2.23. The molecule has 15 heavy (non-hydrogen) atoms. The van der Waals surface area contributed by atoms with Crippen LogP contribution < -0.4 is 0 Å². The zero-order valence-corrected chi connectivity index (χ0v) is 11.2. The maximum absolute atomic E-state index is 5.81. The average Bonchev–Trinajstić information content (AvgIpc) is 2.28. The summed E-state index contributed by atoms with van der Waals surface area (Å²) in [5.74, 6) is 0. The lowest BCUT2D eigenvalue weighted by Crippen LogP contribution is -2.37. The van der Waals surface area contributed by atoms with Gasteiger partial charge in [-0.1, -0.05) is 15.9 Å². The average molecular weight is 281 g/mol. The summed E-state index contributed by atoms with van der Waals surface area (Å²) in [6, 6.07) is 0. The van der Waals surface area contributed by atoms with Crippen LogP contribution in [0, 0.1) is 5.41 Å². The molecule has 0 amide bonds. The van der Waals surface area contributed by atoms with E-state index in [2.05, 4.69) is 15.9 Å². The third-order valence-electron chi connectivity index (χ3n) is 2.91. The Morgan fingerprint density at radius 2 is 2.07 bits per heavy atom. The monoisotopic (exact) mass is 280 g/mol. The van der Waals surface area contributed by atoms with Gasteiger partial charge in [0.15, 0.2) is 0 Å². The van der Waals surface area contributed by atoms with Crippen molar-refractivity contribution in [3.8, 4) is 0 Å². The van der Waals surface area contributed by atoms with Crippen LogP contribution in [0.15, 0.2) is 0 Å². The SMILES string of the molecule is COCC(C)OCC1(CBr)CCOCC1. The summed E-state index contributed by atoms with van der Waals surface area (Å²) in [6.45, 7) is 5.22. The highest BCUT2D eigenvalue weighted by molar-refractivity contribution is 9.09. The summed E-state index contributed by atoms with van der Waals surface area (Å²) in [4.78, 5) is 0. The number of hydrogen-bond donors (Lipinski definition) is 0. The third kappa shape index (κ3) is 4.39. The molecule has 1 unspecified atom stereocenters. The summed E-state index contributed by atoms with van der Waals surface area (Å²) in [5, 5.41) is 0.989. The zero-order chi connectivity index (χ0) is 11.1. The van der Waals surface area contributed by atoms with Crippen LogP contribution in [-0.4, -0.2) is 45.0 Å². The molecule has 0 N–H and O–H groups in total. The van der Waals surface area contributed by atoms with Gasteiger partial charge >= 0.3 is 0 Å². The van der Waals surface area contributed by atoms with E-state index in [1.54, 1.807) is 7.11 Å². The Bertz CT molecular complexity index is 169. The van der Waals surface area contributed by atoms with Gasteiger partial charge in [0.05, 0.1) is 19.3 Å². The normalized spacial score (nSPS) is 22.6. The summed E-state index contributed by atoms with van der Waals surface area (Å²) >= 11 is 3.59. The summed E-state index contributed by atoms with van der Waals surface area (Å²) in [6.07, 6.45) is 2.34. The molecule has 1 aliphatic heterocycles. The summed E-state index contributed by atoms with van der Waals surface area (Å²) in [7, 11) is 1.70. The van der Waals surface area contributed by atoms with Crippen molar-refractivity contribution < 1.29 is 14.2 Å². The minimum Gasteiger partial charge on any atom is -0.382 e. The smallest absolute Gasteiger partial charge is 0.0780 e. The van der Waals surface area contributed by atoms with Crippen molar-refractivity contribution in [1.29, 1.82) is 0 Å². The lowest BCUT2D eigenvalue weighted by atomic mass is 9.83. The summed E-state index contributed by atoms with van der Waals surface area (Å²) < 4.78 is 16.2. The van der Waals surface area contributed by atoms with Gasteiger partial charge in [-0.15, -0.1) is 0 Å². The molecule has 0 radical (unpaired) electrons. The molecule has 1 fully saturated rings. The molecule has 1 aliphatic rings. The van der Waals surface area contributed by atoms with Crippen molar-refractivity contribution in [3.63, 3.8) is 0 Å². The fraction of sp³-hybridized carbons (Fsp3) is 1.00. The molecule has 1 saturated heterocycles. The van der Waals surface area contributed by atoms with Crippen molar-refractivity contribution in [1.82, 2.24) is 0 Å². The minimum absolute atomic E-state index is 0.175. The summed E-state index contributed by atoms with van der Waals surface area (Å²) in [5.41, 5.74) is 0.264. The molecule has 0 aliphatic carbocycles. The Morgan fingerprint density at radius 1 is 1.40 bits per heavy atom.